The molecule has 0 radical (unpaired) electrons. The molecule has 3 rings (SSSR count). The lowest BCUT2D eigenvalue weighted by Gasteiger charge is -2.28. The van der Waals surface area contributed by atoms with Crippen molar-refractivity contribution in [2.75, 3.05) is 6.61 Å². The standard InChI is InChI=1S/C27H34O/c1-3-5-6-7-22-8-12-24(13-9-22)26-16-18-27(19-17-26)25-14-10-23(11-15-25)21-28-20-4-2/h4-6,10-11,14-19,22,24H,2-3,7-9,12-13,20-21H2,1H3/b6-5+. The van der Waals surface area contributed by atoms with Crippen LogP contribution < -0.4 is 0 Å². The zero-order valence-electron chi connectivity index (χ0n) is 17.3. The molecule has 1 saturated carbocycles. The highest BCUT2D eigenvalue weighted by molar-refractivity contribution is 5.64. The summed E-state index contributed by atoms with van der Waals surface area (Å²) in [5, 5.41) is 0. The molecule has 1 nitrogen and oxygen atoms in total. The Morgan fingerprint density at radius 1 is 0.893 bits per heavy atom. The summed E-state index contributed by atoms with van der Waals surface area (Å²) in [5.41, 5.74) is 5.28. The molecular formula is C27H34O. The molecule has 0 aromatic heterocycles. The lowest BCUT2D eigenvalue weighted by molar-refractivity contribution is 0.149. The Morgan fingerprint density at radius 2 is 1.54 bits per heavy atom. The third-order valence-corrected chi connectivity index (χ3v) is 5.89. The summed E-state index contributed by atoms with van der Waals surface area (Å²) in [6.07, 6.45) is 14.3. The third kappa shape index (κ3) is 5.94. The van der Waals surface area contributed by atoms with E-state index in [1.165, 1.54) is 54.4 Å². The van der Waals surface area contributed by atoms with Gasteiger partial charge in [-0.1, -0.05) is 73.7 Å². The molecule has 0 unspecified atom stereocenters. The summed E-state index contributed by atoms with van der Waals surface area (Å²) in [6, 6.07) is 18.0. The number of ether oxygens (including phenoxy) is 1. The Morgan fingerprint density at radius 3 is 2.14 bits per heavy atom. The van der Waals surface area contributed by atoms with E-state index in [0.717, 1.165) is 18.3 Å². The van der Waals surface area contributed by atoms with E-state index in [2.05, 4.69) is 74.2 Å². The average molecular weight is 375 g/mol. The SMILES string of the molecule is C=CCOCc1ccc(-c2ccc(C3CCC(C/C=C/CC)CC3)cc2)cc1. The van der Waals surface area contributed by atoms with Gasteiger partial charge in [0.15, 0.2) is 0 Å². The molecule has 0 atom stereocenters. The van der Waals surface area contributed by atoms with E-state index in [1.807, 2.05) is 0 Å². The van der Waals surface area contributed by atoms with Gasteiger partial charge in [0.1, 0.15) is 0 Å². The summed E-state index contributed by atoms with van der Waals surface area (Å²) in [7, 11) is 0. The van der Waals surface area contributed by atoms with Gasteiger partial charge in [-0.2, -0.15) is 0 Å². The second kappa shape index (κ2) is 11.0. The van der Waals surface area contributed by atoms with Gasteiger partial charge in [0, 0.05) is 0 Å². The summed E-state index contributed by atoms with van der Waals surface area (Å²) in [5.74, 6) is 1.64. The van der Waals surface area contributed by atoms with Gasteiger partial charge in [-0.25, -0.2) is 0 Å². The van der Waals surface area contributed by atoms with Gasteiger partial charge in [0.2, 0.25) is 0 Å². The Labute approximate surface area is 171 Å². The third-order valence-electron chi connectivity index (χ3n) is 5.89. The molecule has 1 aliphatic rings. The van der Waals surface area contributed by atoms with E-state index in [-0.39, 0.29) is 0 Å². The molecule has 1 heteroatoms. The van der Waals surface area contributed by atoms with Crippen molar-refractivity contribution in [3.05, 3.63) is 84.5 Å². The maximum absolute atomic E-state index is 5.51. The fraction of sp³-hybridized carbons (Fsp3) is 0.407. The fourth-order valence-corrected chi connectivity index (χ4v) is 4.19. The highest BCUT2D eigenvalue weighted by atomic mass is 16.5. The van der Waals surface area contributed by atoms with E-state index in [1.54, 1.807) is 6.08 Å². The second-order valence-electron chi connectivity index (χ2n) is 7.96. The molecule has 0 amide bonds. The van der Waals surface area contributed by atoms with Crippen LogP contribution in [-0.2, 0) is 11.3 Å². The monoisotopic (exact) mass is 374 g/mol. The molecule has 0 saturated heterocycles. The normalized spacial score (nSPS) is 19.8. The van der Waals surface area contributed by atoms with Crippen molar-refractivity contribution in [3.8, 4) is 11.1 Å². The highest BCUT2D eigenvalue weighted by Gasteiger charge is 2.21. The van der Waals surface area contributed by atoms with Crippen LogP contribution in [0.5, 0.6) is 0 Å². The summed E-state index contributed by atoms with van der Waals surface area (Å²) in [4.78, 5) is 0. The van der Waals surface area contributed by atoms with Crippen molar-refractivity contribution in [2.24, 2.45) is 5.92 Å². The van der Waals surface area contributed by atoms with E-state index in [9.17, 15) is 0 Å². The zero-order chi connectivity index (χ0) is 19.6. The Bertz CT molecular complexity index is 731. The van der Waals surface area contributed by atoms with Crippen LogP contribution in [0.1, 0.15) is 62.5 Å². The molecule has 2 aromatic rings. The molecule has 0 N–H and O–H groups in total. The molecule has 1 fully saturated rings. The van der Waals surface area contributed by atoms with Crippen LogP contribution in [0.3, 0.4) is 0 Å². The average Bonchev–Trinajstić information content (AvgIpc) is 2.75. The number of hydrogen-bond acceptors (Lipinski definition) is 1. The Kier molecular flexibility index (Phi) is 8.11. The number of rotatable bonds is 9. The van der Waals surface area contributed by atoms with E-state index in [0.29, 0.717) is 13.2 Å². The first-order valence-corrected chi connectivity index (χ1v) is 10.8. The molecule has 0 spiro atoms. The predicted octanol–water partition coefficient (Wildman–Crippen LogP) is 7.69. The van der Waals surface area contributed by atoms with Crippen LogP contribution in [0.2, 0.25) is 0 Å². The maximum atomic E-state index is 5.51. The predicted molar refractivity (Wildman–Crippen MR) is 120 cm³/mol. The smallest absolute Gasteiger partial charge is 0.0721 e. The van der Waals surface area contributed by atoms with Crippen LogP contribution in [0.15, 0.2) is 73.3 Å². The van der Waals surface area contributed by atoms with Crippen molar-refractivity contribution in [1.29, 1.82) is 0 Å². The van der Waals surface area contributed by atoms with E-state index >= 15 is 0 Å². The van der Waals surface area contributed by atoms with Crippen LogP contribution in [-0.4, -0.2) is 6.61 Å². The quantitative estimate of drug-likeness (QED) is 0.323. The zero-order valence-corrected chi connectivity index (χ0v) is 17.3. The molecule has 0 bridgehead atoms. The van der Waals surface area contributed by atoms with Crippen LogP contribution >= 0.6 is 0 Å². The van der Waals surface area contributed by atoms with Crippen molar-refractivity contribution in [1.82, 2.24) is 0 Å². The lowest BCUT2D eigenvalue weighted by Crippen LogP contribution is -2.12. The van der Waals surface area contributed by atoms with Crippen LogP contribution in [0.25, 0.3) is 11.1 Å². The largest absolute Gasteiger partial charge is 0.373 e. The molecule has 148 valence electrons. The minimum absolute atomic E-state index is 0.598. The summed E-state index contributed by atoms with van der Waals surface area (Å²) < 4.78 is 5.51. The minimum Gasteiger partial charge on any atom is -0.373 e. The van der Waals surface area contributed by atoms with E-state index < -0.39 is 0 Å². The first kappa shape index (κ1) is 20.6. The molecule has 2 aromatic carbocycles. The van der Waals surface area contributed by atoms with Crippen molar-refractivity contribution < 1.29 is 4.74 Å². The lowest BCUT2D eigenvalue weighted by atomic mass is 9.77. The summed E-state index contributed by atoms with van der Waals surface area (Å²) >= 11 is 0. The maximum Gasteiger partial charge on any atom is 0.0721 e. The van der Waals surface area contributed by atoms with Gasteiger partial charge in [0.25, 0.3) is 0 Å². The minimum atomic E-state index is 0.598. The Balaban J connectivity index is 1.54. The van der Waals surface area contributed by atoms with Gasteiger partial charge in [0.05, 0.1) is 13.2 Å². The number of hydrogen-bond donors (Lipinski definition) is 0. The van der Waals surface area contributed by atoms with Crippen LogP contribution in [0.4, 0.5) is 0 Å². The second-order valence-corrected chi connectivity index (χ2v) is 7.96. The Hall–Kier alpha value is -2.12. The van der Waals surface area contributed by atoms with Crippen molar-refractivity contribution in [2.45, 2.75) is 58.0 Å². The highest BCUT2D eigenvalue weighted by Crippen LogP contribution is 2.37. The summed E-state index contributed by atoms with van der Waals surface area (Å²) in [6.45, 7) is 7.13. The van der Waals surface area contributed by atoms with Crippen molar-refractivity contribution >= 4 is 0 Å². The molecular weight excluding hydrogens is 340 g/mol. The van der Waals surface area contributed by atoms with Gasteiger partial charge in [-0.15, -0.1) is 6.58 Å². The first-order valence-electron chi connectivity index (χ1n) is 10.8. The van der Waals surface area contributed by atoms with Gasteiger partial charge in [-0.05, 0) is 72.6 Å². The molecule has 1 aliphatic carbocycles. The van der Waals surface area contributed by atoms with Gasteiger partial charge < -0.3 is 4.74 Å². The molecule has 28 heavy (non-hydrogen) atoms. The number of benzene rings is 2. The fourth-order valence-electron chi connectivity index (χ4n) is 4.19. The van der Waals surface area contributed by atoms with Crippen molar-refractivity contribution in [3.63, 3.8) is 0 Å². The molecule has 0 aliphatic heterocycles. The van der Waals surface area contributed by atoms with Gasteiger partial charge >= 0.3 is 0 Å². The number of allylic oxidation sites excluding steroid dienone is 2. The van der Waals surface area contributed by atoms with Gasteiger partial charge in [-0.3, -0.25) is 0 Å². The van der Waals surface area contributed by atoms with Crippen LogP contribution in [0, 0.1) is 5.92 Å². The van der Waals surface area contributed by atoms with E-state index in [4.69, 9.17) is 4.74 Å². The molecule has 0 heterocycles. The first-order chi connectivity index (χ1) is 13.8. The topological polar surface area (TPSA) is 9.23 Å².